The van der Waals surface area contributed by atoms with Crippen molar-refractivity contribution >= 4 is 5.91 Å². The molecule has 2 aliphatic heterocycles. The van der Waals surface area contributed by atoms with Crippen molar-refractivity contribution in [3.8, 4) is 0 Å². The van der Waals surface area contributed by atoms with Gasteiger partial charge in [0.15, 0.2) is 0 Å². The lowest BCUT2D eigenvalue weighted by atomic mass is 9.85. The third-order valence-electron chi connectivity index (χ3n) is 5.29. The molecule has 1 N–H and O–H groups in total. The molecule has 1 aromatic rings. The van der Waals surface area contributed by atoms with Crippen LogP contribution in [0.4, 0.5) is 0 Å². The second-order valence-corrected chi connectivity index (χ2v) is 6.40. The Labute approximate surface area is 126 Å². The molecule has 1 aromatic carbocycles. The molecular formula is C17H24N2O2. The van der Waals surface area contributed by atoms with E-state index >= 15 is 0 Å². The number of carbonyl (C=O) groups is 1. The Morgan fingerprint density at radius 2 is 1.86 bits per heavy atom. The lowest BCUT2D eigenvalue weighted by molar-refractivity contribution is -0.130. The van der Waals surface area contributed by atoms with Crippen LogP contribution in [-0.4, -0.2) is 53.0 Å². The number of hydrogen-bond acceptors (Lipinski definition) is 3. The molecule has 0 aliphatic carbocycles. The van der Waals surface area contributed by atoms with Crippen molar-refractivity contribution in [2.75, 3.05) is 26.7 Å². The van der Waals surface area contributed by atoms with E-state index in [0.29, 0.717) is 13.0 Å². The highest BCUT2D eigenvalue weighted by Crippen LogP contribution is 2.38. The fourth-order valence-electron chi connectivity index (χ4n) is 3.70. The number of hydrogen-bond donors (Lipinski definition) is 1. The second-order valence-electron chi connectivity index (χ2n) is 6.40. The van der Waals surface area contributed by atoms with E-state index in [1.54, 1.807) is 0 Å². The Kier molecular flexibility index (Phi) is 4.00. The van der Waals surface area contributed by atoms with E-state index in [2.05, 4.69) is 4.90 Å². The maximum absolute atomic E-state index is 11.8. The van der Waals surface area contributed by atoms with Crippen LogP contribution < -0.4 is 0 Å². The molecule has 0 radical (unpaired) electrons. The average molecular weight is 288 g/mol. The second kappa shape index (κ2) is 5.78. The normalized spacial score (nSPS) is 23.7. The van der Waals surface area contributed by atoms with Crippen molar-refractivity contribution < 1.29 is 9.90 Å². The van der Waals surface area contributed by atoms with Crippen LogP contribution in [0.2, 0.25) is 0 Å². The van der Waals surface area contributed by atoms with Crippen LogP contribution >= 0.6 is 0 Å². The average Bonchev–Trinajstić information content (AvgIpc) is 2.79. The summed E-state index contributed by atoms with van der Waals surface area (Å²) in [5.74, 6) is 0.285. The minimum Gasteiger partial charge on any atom is -0.387 e. The minimum absolute atomic E-state index is 0.0886. The first-order valence-electron chi connectivity index (χ1n) is 7.83. The van der Waals surface area contributed by atoms with E-state index in [4.69, 9.17) is 0 Å². The summed E-state index contributed by atoms with van der Waals surface area (Å²) in [6.45, 7) is 2.60. The summed E-state index contributed by atoms with van der Waals surface area (Å²) in [6, 6.07) is 9.83. The van der Waals surface area contributed by atoms with Crippen molar-refractivity contribution in [2.24, 2.45) is 0 Å². The molecule has 0 saturated carbocycles. The van der Waals surface area contributed by atoms with Gasteiger partial charge in [-0.2, -0.15) is 0 Å². The van der Waals surface area contributed by atoms with Crippen LogP contribution in [0.5, 0.6) is 0 Å². The van der Waals surface area contributed by atoms with Crippen LogP contribution in [0.3, 0.4) is 0 Å². The van der Waals surface area contributed by atoms with E-state index in [0.717, 1.165) is 37.9 Å². The Balaban J connectivity index is 1.56. The van der Waals surface area contributed by atoms with Gasteiger partial charge < -0.3 is 14.9 Å². The number of aliphatic hydroxyl groups excluding tert-OH is 1. The van der Waals surface area contributed by atoms with Gasteiger partial charge in [0, 0.05) is 38.6 Å². The van der Waals surface area contributed by atoms with E-state index < -0.39 is 6.10 Å². The number of nitrogens with zero attached hydrogens (tertiary/aromatic N) is 2. The molecule has 1 spiro atoms. The third-order valence-corrected chi connectivity index (χ3v) is 5.29. The zero-order valence-corrected chi connectivity index (χ0v) is 12.7. The molecule has 2 heterocycles. The number of β-amino-alcohol motifs (C(OH)–C–C–N with tert-alkyl or cyclic N) is 1. The minimum atomic E-state index is -0.428. The number of amides is 1. The number of carbonyl (C=O) groups excluding carboxylic acids is 1. The van der Waals surface area contributed by atoms with Gasteiger partial charge in [-0.1, -0.05) is 30.3 Å². The van der Waals surface area contributed by atoms with Crippen molar-refractivity contribution in [1.29, 1.82) is 0 Å². The summed E-state index contributed by atoms with van der Waals surface area (Å²) in [5, 5.41) is 10.3. The molecule has 21 heavy (non-hydrogen) atoms. The van der Waals surface area contributed by atoms with Gasteiger partial charge in [0.1, 0.15) is 0 Å². The van der Waals surface area contributed by atoms with E-state index in [-0.39, 0.29) is 11.4 Å². The number of rotatable bonds is 3. The fraction of sp³-hybridized carbons (Fsp3) is 0.588. The van der Waals surface area contributed by atoms with Gasteiger partial charge in [0.25, 0.3) is 0 Å². The molecule has 0 aromatic heterocycles. The molecule has 2 aliphatic rings. The topological polar surface area (TPSA) is 43.8 Å². The first kappa shape index (κ1) is 14.5. The van der Waals surface area contributed by atoms with Crippen molar-refractivity contribution in [1.82, 2.24) is 9.80 Å². The smallest absolute Gasteiger partial charge is 0.222 e. The SMILES string of the molecule is CN1C(=O)CCC12CCN(C[C@@H](O)c1ccccc1)CC2. The maximum Gasteiger partial charge on any atom is 0.222 e. The molecule has 114 valence electrons. The predicted octanol–water partition coefficient (Wildman–Crippen LogP) is 1.81. The van der Waals surface area contributed by atoms with Crippen LogP contribution in [0, 0.1) is 0 Å². The van der Waals surface area contributed by atoms with Gasteiger partial charge in [0.05, 0.1) is 6.10 Å². The first-order chi connectivity index (χ1) is 10.1. The van der Waals surface area contributed by atoms with Gasteiger partial charge >= 0.3 is 0 Å². The summed E-state index contributed by atoms with van der Waals surface area (Å²) < 4.78 is 0. The number of benzene rings is 1. The highest BCUT2D eigenvalue weighted by atomic mass is 16.3. The van der Waals surface area contributed by atoms with Gasteiger partial charge in [-0.05, 0) is 24.8 Å². The van der Waals surface area contributed by atoms with E-state index in [1.165, 1.54) is 0 Å². The Morgan fingerprint density at radius 1 is 1.19 bits per heavy atom. The lowest BCUT2D eigenvalue weighted by Crippen LogP contribution is -2.52. The Morgan fingerprint density at radius 3 is 2.43 bits per heavy atom. The van der Waals surface area contributed by atoms with E-state index in [1.807, 2.05) is 42.3 Å². The zero-order valence-electron chi connectivity index (χ0n) is 12.7. The molecular weight excluding hydrogens is 264 g/mol. The van der Waals surface area contributed by atoms with Crippen LogP contribution in [0.15, 0.2) is 30.3 Å². The third kappa shape index (κ3) is 2.83. The molecule has 2 saturated heterocycles. The standard InChI is InChI=1S/C17H24N2O2/c1-18-16(21)7-8-17(18)9-11-19(12-10-17)13-15(20)14-5-3-2-4-6-14/h2-6,15,20H,7-13H2,1H3/t15-/m1/s1. The van der Waals surface area contributed by atoms with Crippen molar-refractivity contribution in [3.63, 3.8) is 0 Å². The number of aliphatic hydroxyl groups is 1. The van der Waals surface area contributed by atoms with Crippen LogP contribution in [-0.2, 0) is 4.79 Å². The molecule has 1 atom stereocenters. The van der Waals surface area contributed by atoms with Crippen LogP contribution in [0.1, 0.15) is 37.4 Å². The first-order valence-corrected chi connectivity index (χ1v) is 7.83. The van der Waals surface area contributed by atoms with Gasteiger partial charge in [-0.15, -0.1) is 0 Å². The fourth-order valence-corrected chi connectivity index (χ4v) is 3.70. The Bertz CT molecular complexity index is 495. The summed E-state index contributed by atoms with van der Waals surface area (Å²) in [5.41, 5.74) is 1.07. The molecule has 4 nitrogen and oxygen atoms in total. The monoisotopic (exact) mass is 288 g/mol. The largest absolute Gasteiger partial charge is 0.387 e. The zero-order chi connectivity index (χ0) is 14.9. The number of piperidine rings is 1. The molecule has 2 fully saturated rings. The van der Waals surface area contributed by atoms with E-state index in [9.17, 15) is 9.90 Å². The molecule has 3 rings (SSSR count). The van der Waals surface area contributed by atoms with Gasteiger partial charge in [0.2, 0.25) is 5.91 Å². The summed E-state index contributed by atoms with van der Waals surface area (Å²) in [6.07, 6.45) is 3.32. The highest BCUT2D eigenvalue weighted by Gasteiger charge is 2.44. The van der Waals surface area contributed by atoms with Crippen molar-refractivity contribution in [2.45, 2.75) is 37.3 Å². The Hall–Kier alpha value is -1.39. The van der Waals surface area contributed by atoms with Gasteiger partial charge in [-0.3, -0.25) is 4.79 Å². The summed E-state index contributed by atoms with van der Waals surface area (Å²) >= 11 is 0. The number of likely N-dealkylation sites (tertiary alicyclic amines) is 2. The predicted molar refractivity (Wildman–Crippen MR) is 81.8 cm³/mol. The quantitative estimate of drug-likeness (QED) is 0.922. The lowest BCUT2D eigenvalue weighted by Gasteiger charge is -2.44. The molecule has 1 amide bonds. The summed E-state index contributed by atoms with van der Waals surface area (Å²) in [7, 11) is 1.95. The van der Waals surface area contributed by atoms with Gasteiger partial charge in [-0.25, -0.2) is 0 Å². The maximum atomic E-state index is 11.8. The summed E-state index contributed by atoms with van der Waals surface area (Å²) in [4.78, 5) is 16.1. The molecule has 0 bridgehead atoms. The van der Waals surface area contributed by atoms with Crippen molar-refractivity contribution in [3.05, 3.63) is 35.9 Å². The highest BCUT2D eigenvalue weighted by molar-refractivity contribution is 5.79. The van der Waals surface area contributed by atoms with Crippen LogP contribution in [0.25, 0.3) is 0 Å². The molecule has 4 heteroatoms. The molecule has 0 unspecified atom stereocenters.